The summed E-state index contributed by atoms with van der Waals surface area (Å²) in [5.41, 5.74) is 0.952. The Morgan fingerprint density at radius 2 is 1.79 bits per heavy atom. The van der Waals surface area contributed by atoms with E-state index in [1.807, 2.05) is 6.92 Å². The van der Waals surface area contributed by atoms with Crippen molar-refractivity contribution in [3.8, 4) is 0 Å². The minimum Gasteiger partial charge on any atom is -0.390 e. The number of hydrogen-bond donors (Lipinski definition) is 0. The van der Waals surface area contributed by atoms with E-state index >= 15 is 0 Å². The third-order valence-electron chi connectivity index (χ3n) is 1.44. The van der Waals surface area contributed by atoms with Crippen molar-refractivity contribution in [3.05, 3.63) is 12.2 Å². The molecule has 0 radical (unpaired) electrons. The van der Waals surface area contributed by atoms with Gasteiger partial charge in [0.1, 0.15) is 0 Å². The van der Waals surface area contributed by atoms with Crippen LogP contribution in [-0.4, -0.2) is 21.2 Å². The molecule has 0 aromatic rings. The second-order valence-corrected chi connectivity index (χ2v) is 9.60. The fourth-order valence-electron chi connectivity index (χ4n) is 0.878. The Balaban J connectivity index is 4.10. The van der Waals surface area contributed by atoms with Crippen molar-refractivity contribution in [2.24, 2.45) is 5.92 Å². The van der Waals surface area contributed by atoms with Crippen molar-refractivity contribution in [1.29, 1.82) is 0 Å². The van der Waals surface area contributed by atoms with Crippen LogP contribution in [0.15, 0.2) is 12.2 Å². The molecule has 0 amide bonds. The molecule has 1 unspecified atom stereocenters. The predicted molar refractivity (Wildman–Crippen MR) is 63.8 cm³/mol. The summed E-state index contributed by atoms with van der Waals surface area (Å²) in [7, 11) is -1.54. The second kappa shape index (κ2) is 5.68. The molecule has 0 bridgehead atoms. The van der Waals surface area contributed by atoms with Gasteiger partial charge in [0.2, 0.25) is 0 Å². The van der Waals surface area contributed by atoms with Crippen LogP contribution in [0.5, 0.6) is 0 Å². The summed E-state index contributed by atoms with van der Waals surface area (Å²) in [5.74, 6) is 0.530. The molecule has 14 heavy (non-hydrogen) atoms. The minimum absolute atomic E-state index is 0.218. The van der Waals surface area contributed by atoms with E-state index in [0.29, 0.717) is 5.92 Å². The normalized spacial score (nSPS) is 14.5. The van der Waals surface area contributed by atoms with Crippen LogP contribution >= 0.6 is 0 Å². The quantitative estimate of drug-likeness (QED) is 0.385. The molecule has 0 aromatic carbocycles. The molecule has 0 N–H and O–H groups in total. The van der Waals surface area contributed by atoms with Crippen molar-refractivity contribution >= 4 is 8.32 Å². The lowest BCUT2D eigenvalue weighted by atomic mass is 10.2. The summed E-state index contributed by atoms with van der Waals surface area (Å²) in [6, 6.07) is 0. The summed E-state index contributed by atoms with van der Waals surface area (Å²) >= 11 is 0. The monoisotopic (exact) mass is 216 g/mol. The number of rotatable bonds is 6. The van der Waals surface area contributed by atoms with Crippen LogP contribution in [0.4, 0.5) is 0 Å². The van der Waals surface area contributed by atoms with Crippen LogP contribution in [0.1, 0.15) is 20.8 Å². The Morgan fingerprint density at radius 3 is 2.07 bits per heavy atom. The first-order chi connectivity index (χ1) is 6.22. The van der Waals surface area contributed by atoms with Crippen LogP contribution in [0.25, 0.3) is 0 Å². The highest BCUT2D eigenvalue weighted by Crippen LogP contribution is 2.14. The van der Waals surface area contributed by atoms with Crippen molar-refractivity contribution in [3.63, 3.8) is 0 Å². The van der Waals surface area contributed by atoms with E-state index in [2.05, 4.69) is 40.1 Å². The van der Waals surface area contributed by atoms with Gasteiger partial charge in [0, 0.05) is 0 Å². The average molecular weight is 216 g/mol. The number of hydrogen-bond acceptors (Lipinski definition) is 2. The molecule has 3 heteroatoms. The van der Waals surface area contributed by atoms with E-state index in [1.54, 1.807) is 0 Å². The van der Waals surface area contributed by atoms with Crippen molar-refractivity contribution in [2.75, 3.05) is 6.61 Å². The molecule has 84 valence electrons. The standard InChI is InChI=1S/C11H24O2Si/c1-9(2)8-12-11(10(3)4)13-14(5,6)7/h9,11H,3,8H2,1-2,4-7H3. The third kappa shape index (κ3) is 7.30. The van der Waals surface area contributed by atoms with Gasteiger partial charge < -0.3 is 9.16 Å². The first-order valence-electron chi connectivity index (χ1n) is 5.17. The van der Waals surface area contributed by atoms with E-state index in [-0.39, 0.29) is 6.29 Å². The maximum atomic E-state index is 5.87. The average Bonchev–Trinajstić information content (AvgIpc) is 1.94. The van der Waals surface area contributed by atoms with Gasteiger partial charge in [-0.05, 0) is 38.1 Å². The molecule has 1 atom stereocenters. The highest BCUT2D eigenvalue weighted by molar-refractivity contribution is 6.69. The van der Waals surface area contributed by atoms with Gasteiger partial charge in [-0.2, -0.15) is 0 Å². The van der Waals surface area contributed by atoms with Crippen LogP contribution < -0.4 is 0 Å². The molecule has 0 fully saturated rings. The Bertz CT molecular complexity index is 182. The lowest BCUT2D eigenvalue weighted by molar-refractivity contribution is -0.0681. The zero-order valence-corrected chi connectivity index (χ0v) is 11.4. The zero-order chi connectivity index (χ0) is 11.4. The molecular weight excluding hydrogens is 192 g/mol. The van der Waals surface area contributed by atoms with Gasteiger partial charge in [-0.15, -0.1) is 0 Å². The molecule has 0 aromatic heterocycles. The Kier molecular flexibility index (Phi) is 5.63. The minimum atomic E-state index is -1.54. The summed E-state index contributed by atoms with van der Waals surface area (Å²) in [6.07, 6.45) is -0.218. The Hall–Kier alpha value is -0.123. The van der Waals surface area contributed by atoms with Crippen molar-refractivity contribution < 1.29 is 9.16 Å². The van der Waals surface area contributed by atoms with Crippen molar-refractivity contribution in [2.45, 2.75) is 46.7 Å². The zero-order valence-electron chi connectivity index (χ0n) is 10.4. The summed E-state index contributed by atoms with van der Waals surface area (Å²) in [6.45, 7) is 17.3. The molecule has 0 aliphatic rings. The van der Waals surface area contributed by atoms with Gasteiger partial charge >= 0.3 is 0 Å². The maximum Gasteiger partial charge on any atom is 0.187 e. The first kappa shape index (κ1) is 13.9. The van der Waals surface area contributed by atoms with E-state index in [9.17, 15) is 0 Å². The lowest BCUT2D eigenvalue weighted by Crippen LogP contribution is -2.34. The fraction of sp³-hybridized carbons (Fsp3) is 0.818. The molecule has 0 rings (SSSR count). The summed E-state index contributed by atoms with van der Waals surface area (Å²) in [4.78, 5) is 0. The van der Waals surface area contributed by atoms with Gasteiger partial charge in [0.15, 0.2) is 14.6 Å². The molecule has 0 spiro atoms. The van der Waals surface area contributed by atoms with Crippen LogP contribution in [0, 0.1) is 5.92 Å². The Morgan fingerprint density at radius 1 is 1.29 bits per heavy atom. The topological polar surface area (TPSA) is 18.5 Å². The predicted octanol–water partition coefficient (Wildman–Crippen LogP) is 3.41. The van der Waals surface area contributed by atoms with Gasteiger partial charge in [-0.1, -0.05) is 20.4 Å². The fourth-order valence-corrected chi connectivity index (χ4v) is 1.79. The Labute approximate surface area is 89.4 Å². The molecule has 2 nitrogen and oxygen atoms in total. The highest BCUT2D eigenvalue weighted by atomic mass is 28.4. The van der Waals surface area contributed by atoms with E-state index in [4.69, 9.17) is 9.16 Å². The van der Waals surface area contributed by atoms with Gasteiger partial charge in [-0.3, -0.25) is 0 Å². The molecule has 0 aliphatic carbocycles. The maximum absolute atomic E-state index is 5.87. The molecule has 0 heterocycles. The smallest absolute Gasteiger partial charge is 0.187 e. The summed E-state index contributed by atoms with van der Waals surface area (Å²) < 4.78 is 11.5. The lowest BCUT2D eigenvalue weighted by Gasteiger charge is -2.27. The SMILES string of the molecule is C=C(C)C(OCC(C)C)O[Si](C)(C)C. The van der Waals surface area contributed by atoms with E-state index in [1.165, 1.54) is 0 Å². The van der Waals surface area contributed by atoms with E-state index in [0.717, 1.165) is 12.2 Å². The van der Waals surface area contributed by atoms with Gasteiger partial charge in [-0.25, -0.2) is 0 Å². The van der Waals surface area contributed by atoms with E-state index < -0.39 is 8.32 Å². The molecule has 0 saturated carbocycles. The first-order valence-corrected chi connectivity index (χ1v) is 8.58. The molecule has 0 aliphatic heterocycles. The third-order valence-corrected chi connectivity index (χ3v) is 2.37. The van der Waals surface area contributed by atoms with Gasteiger partial charge in [0.05, 0.1) is 6.61 Å². The van der Waals surface area contributed by atoms with Crippen LogP contribution in [0.2, 0.25) is 19.6 Å². The molecule has 0 saturated heterocycles. The second-order valence-electron chi connectivity index (χ2n) is 5.14. The van der Waals surface area contributed by atoms with Crippen LogP contribution in [0.3, 0.4) is 0 Å². The highest BCUT2D eigenvalue weighted by Gasteiger charge is 2.22. The number of ether oxygens (including phenoxy) is 1. The van der Waals surface area contributed by atoms with Gasteiger partial charge in [0.25, 0.3) is 0 Å². The van der Waals surface area contributed by atoms with Crippen LogP contribution in [-0.2, 0) is 9.16 Å². The van der Waals surface area contributed by atoms with Crippen molar-refractivity contribution in [1.82, 2.24) is 0 Å². The summed E-state index contributed by atoms with van der Waals surface area (Å²) in [5, 5.41) is 0. The molecular formula is C11H24O2Si. The largest absolute Gasteiger partial charge is 0.390 e.